The largest absolute Gasteiger partial charge is 0.474 e. The van der Waals surface area contributed by atoms with E-state index in [9.17, 15) is 4.79 Å². The first-order valence-corrected chi connectivity index (χ1v) is 11.5. The van der Waals surface area contributed by atoms with Gasteiger partial charge in [-0.15, -0.1) is 0 Å². The molecule has 0 saturated carbocycles. The van der Waals surface area contributed by atoms with Crippen LogP contribution in [-0.4, -0.2) is 53.2 Å². The Labute approximate surface area is 197 Å². The summed E-state index contributed by atoms with van der Waals surface area (Å²) >= 11 is 0. The molecule has 0 aromatic carbocycles. The lowest BCUT2D eigenvalue weighted by molar-refractivity contribution is -0.0615. The molecule has 1 amide bonds. The molecule has 1 unspecified atom stereocenters. The fourth-order valence-electron chi connectivity index (χ4n) is 4.07. The van der Waals surface area contributed by atoms with Crippen molar-refractivity contribution >= 4 is 23.0 Å². The third-order valence-electron chi connectivity index (χ3n) is 5.95. The average Bonchev–Trinajstić information content (AvgIpc) is 3.36. The van der Waals surface area contributed by atoms with Crippen molar-refractivity contribution in [3.05, 3.63) is 47.8 Å². The van der Waals surface area contributed by atoms with Gasteiger partial charge >= 0.3 is 0 Å². The van der Waals surface area contributed by atoms with Crippen LogP contribution in [-0.2, 0) is 4.74 Å². The summed E-state index contributed by atoms with van der Waals surface area (Å²) in [4.78, 5) is 27.0. The first-order valence-electron chi connectivity index (χ1n) is 11.5. The lowest BCUT2D eigenvalue weighted by Crippen LogP contribution is -2.32. The number of imidazole rings is 1. The van der Waals surface area contributed by atoms with Crippen LogP contribution >= 0.6 is 0 Å². The molecule has 1 N–H and O–H groups in total. The molecule has 34 heavy (non-hydrogen) atoms. The van der Waals surface area contributed by atoms with Crippen LogP contribution in [0.15, 0.2) is 31.0 Å². The van der Waals surface area contributed by atoms with E-state index in [2.05, 4.69) is 34.2 Å². The fraction of sp³-hybridized carbons (Fsp3) is 0.458. The molecule has 0 radical (unpaired) electrons. The number of fused-ring (bicyclic) bond motifs is 2. The van der Waals surface area contributed by atoms with Crippen LogP contribution in [0.2, 0.25) is 0 Å². The monoisotopic (exact) mass is 463 g/mol. The molecule has 0 bridgehead atoms. The van der Waals surface area contributed by atoms with E-state index in [1.54, 1.807) is 27.5 Å². The normalized spacial score (nSPS) is 18.0. The molecule has 5 heterocycles. The minimum atomic E-state index is -0.361. The number of aryl methyl sites for hydroxylation is 1. The van der Waals surface area contributed by atoms with Crippen molar-refractivity contribution in [1.82, 2.24) is 29.0 Å². The van der Waals surface area contributed by atoms with E-state index in [4.69, 9.17) is 14.5 Å². The molecule has 0 spiro atoms. The van der Waals surface area contributed by atoms with Gasteiger partial charge in [0, 0.05) is 30.7 Å². The van der Waals surface area contributed by atoms with Crippen molar-refractivity contribution in [2.75, 3.05) is 11.9 Å². The maximum Gasteiger partial charge on any atom is 0.262 e. The summed E-state index contributed by atoms with van der Waals surface area (Å²) in [5.74, 6) is 0.550. The zero-order valence-electron chi connectivity index (χ0n) is 20.1. The molecule has 10 heteroatoms. The van der Waals surface area contributed by atoms with Crippen LogP contribution < -0.4 is 10.1 Å². The van der Waals surface area contributed by atoms with Gasteiger partial charge in [-0.2, -0.15) is 10.1 Å². The van der Waals surface area contributed by atoms with Crippen molar-refractivity contribution in [2.24, 2.45) is 0 Å². The van der Waals surface area contributed by atoms with Crippen LogP contribution in [0.25, 0.3) is 11.4 Å². The molecule has 4 aromatic heterocycles. The summed E-state index contributed by atoms with van der Waals surface area (Å²) in [7, 11) is 0. The van der Waals surface area contributed by atoms with E-state index >= 15 is 0 Å². The number of carbonyl (C=O) groups is 1. The molecule has 1 atom stereocenters. The molecular weight excluding hydrogens is 434 g/mol. The molecule has 178 valence electrons. The van der Waals surface area contributed by atoms with E-state index in [0.29, 0.717) is 29.3 Å². The van der Waals surface area contributed by atoms with E-state index in [0.717, 1.165) is 24.1 Å². The van der Waals surface area contributed by atoms with Crippen molar-refractivity contribution < 1.29 is 14.3 Å². The molecule has 0 aliphatic carbocycles. The number of aromatic nitrogens is 6. The molecule has 5 rings (SSSR count). The number of ether oxygens (including phenoxy) is 2. The third-order valence-corrected chi connectivity index (χ3v) is 5.95. The highest BCUT2D eigenvalue weighted by Gasteiger charge is 2.30. The summed E-state index contributed by atoms with van der Waals surface area (Å²) in [6.45, 7) is 10.5. The number of hydrogen-bond donors (Lipinski definition) is 1. The zero-order valence-corrected chi connectivity index (χ0v) is 20.1. The summed E-state index contributed by atoms with van der Waals surface area (Å²) in [6.07, 6.45) is 10.6. The first-order chi connectivity index (χ1) is 16.2. The first kappa shape index (κ1) is 22.3. The maximum atomic E-state index is 13.3. The minimum absolute atomic E-state index is 0.108. The molecule has 10 nitrogen and oxygen atoms in total. The van der Waals surface area contributed by atoms with Gasteiger partial charge in [0.2, 0.25) is 11.7 Å². The average molecular weight is 464 g/mol. The Morgan fingerprint density at radius 2 is 2.06 bits per heavy atom. The second-order valence-corrected chi connectivity index (χ2v) is 9.72. The summed E-state index contributed by atoms with van der Waals surface area (Å²) < 4.78 is 15.3. The number of nitrogens with zero attached hydrogens (tertiary/aromatic N) is 6. The van der Waals surface area contributed by atoms with Gasteiger partial charge < -0.3 is 14.8 Å². The summed E-state index contributed by atoms with van der Waals surface area (Å²) in [5.41, 5.74) is 3.14. The maximum absolute atomic E-state index is 13.3. The summed E-state index contributed by atoms with van der Waals surface area (Å²) in [6, 6.07) is 0. The predicted molar refractivity (Wildman–Crippen MR) is 126 cm³/mol. The van der Waals surface area contributed by atoms with Crippen molar-refractivity contribution in [1.29, 1.82) is 0 Å². The molecule has 1 saturated heterocycles. The zero-order chi connectivity index (χ0) is 24.0. The lowest BCUT2D eigenvalue weighted by Gasteiger charge is -2.34. The smallest absolute Gasteiger partial charge is 0.262 e. The van der Waals surface area contributed by atoms with E-state index in [1.165, 1.54) is 0 Å². The molecular formula is C24H29N7O3. The molecule has 1 fully saturated rings. The van der Waals surface area contributed by atoms with Crippen molar-refractivity contribution in [3.63, 3.8) is 0 Å². The van der Waals surface area contributed by atoms with Crippen LogP contribution in [0.4, 0.5) is 5.69 Å². The lowest BCUT2D eigenvalue weighted by atomic mass is 9.90. The van der Waals surface area contributed by atoms with Gasteiger partial charge in [-0.1, -0.05) is 0 Å². The van der Waals surface area contributed by atoms with Crippen LogP contribution in [0.3, 0.4) is 0 Å². The molecule has 1 aliphatic rings. The van der Waals surface area contributed by atoms with E-state index in [-0.39, 0.29) is 29.4 Å². The number of anilines is 1. The minimum Gasteiger partial charge on any atom is -0.474 e. The number of nitrogens with one attached hydrogen (secondary N) is 1. The quantitative estimate of drug-likeness (QED) is 0.480. The number of carbonyl (C=O) groups excluding carboxylic acids is 1. The van der Waals surface area contributed by atoms with Gasteiger partial charge in [-0.3, -0.25) is 9.20 Å². The Morgan fingerprint density at radius 3 is 2.79 bits per heavy atom. The second-order valence-electron chi connectivity index (χ2n) is 9.72. The van der Waals surface area contributed by atoms with Crippen LogP contribution in [0.5, 0.6) is 5.88 Å². The van der Waals surface area contributed by atoms with Gasteiger partial charge in [0.15, 0.2) is 5.65 Å². The molecule has 1 aliphatic heterocycles. The standard InChI is InChI=1S/C24H29N7O3/c1-14(2)34-22-17(21(32)27-18-9-26-31-10-15(3)8-25-20(18)31)11-30-12-19(28-23(30)29-22)16-6-7-24(4,5)33-13-16/h8-12,14,16H,6-7,13H2,1-5H3,(H,27,32). The van der Waals surface area contributed by atoms with Crippen molar-refractivity contribution in [3.8, 4) is 5.88 Å². The number of hydrogen-bond acceptors (Lipinski definition) is 7. The Morgan fingerprint density at radius 1 is 1.24 bits per heavy atom. The van der Waals surface area contributed by atoms with E-state index < -0.39 is 0 Å². The van der Waals surface area contributed by atoms with Crippen LogP contribution in [0.1, 0.15) is 68.1 Å². The Kier molecular flexibility index (Phi) is 5.47. The summed E-state index contributed by atoms with van der Waals surface area (Å²) in [5, 5.41) is 7.18. The van der Waals surface area contributed by atoms with Gasteiger partial charge in [-0.25, -0.2) is 14.5 Å². The van der Waals surface area contributed by atoms with Gasteiger partial charge in [-0.05, 0) is 53.0 Å². The van der Waals surface area contributed by atoms with Gasteiger partial charge in [0.05, 0.1) is 30.2 Å². The van der Waals surface area contributed by atoms with Crippen LogP contribution in [0, 0.1) is 6.92 Å². The Balaban J connectivity index is 1.47. The topological polar surface area (TPSA) is 108 Å². The van der Waals surface area contributed by atoms with Crippen molar-refractivity contribution in [2.45, 2.75) is 65.1 Å². The molecule has 4 aromatic rings. The second kappa shape index (κ2) is 8.35. The highest BCUT2D eigenvalue weighted by Crippen LogP contribution is 2.33. The number of amides is 1. The highest BCUT2D eigenvalue weighted by atomic mass is 16.5. The SMILES string of the molecule is Cc1cnc2c(NC(=O)c3cn4cc(C5CCC(C)(C)OC5)nc4nc3OC(C)C)cnn2c1. The predicted octanol–water partition coefficient (Wildman–Crippen LogP) is 3.79. The van der Waals surface area contributed by atoms with E-state index in [1.807, 2.05) is 33.2 Å². The Hall–Kier alpha value is -3.53. The third kappa shape index (κ3) is 4.33. The van der Waals surface area contributed by atoms with Gasteiger partial charge in [0.1, 0.15) is 11.3 Å². The number of rotatable bonds is 5. The fourth-order valence-corrected chi connectivity index (χ4v) is 4.07. The van der Waals surface area contributed by atoms with Gasteiger partial charge in [0.25, 0.3) is 5.91 Å². The highest BCUT2D eigenvalue weighted by molar-refractivity contribution is 6.07. The Bertz CT molecular complexity index is 1360.